The first kappa shape index (κ1) is 20.2. The van der Waals surface area contributed by atoms with E-state index >= 15 is 0 Å². The van der Waals surface area contributed by atoms with Crippen LogP contribution < -0.4 is 4.74 Å². The van der Waals surface area contributed by atoms with Crippen molar-refractivity contribution < 1.29 is 24.2 Å². The third-order valence-corrected chi connectivity index (χ3v) is 5.89. The second kappa shape index (κ2) is 8.65. The van der Waals surface area contributed by atoms with E-state index in [2.05, 4.69) is 0 Å². The van der Waals surface area contributed by atoms with Crippen molar-refractivity contribution >= 4 is 39.5 Å². The van der Waals surface area contributed by atoms with Crippen LogP contribution in [0.3, 0.4) is 0 Å². The number of benzene rings is 2. The average Bonchev–Trinajstić information content (AvgIpc) is 3.09. The lowest BCUT2D eigenvalue weighted by atomic mass is 10.1. The SMILES string of the molecule is CC(=O)SCC(C)C(=O)N1C[C@@H](Oc2ccc3ccccc3c2)C[C@H]1C(=O)O. The molecule has 1 aliphatic rings. The van der Waals surface area contributed by atoms with Gasteiger partial charge in [-0.3, -0.25) is 9.59 Å². The van der Waals surface area contributed by atoms with Crippen molar-refractivity contribution in [3.05, 3.63) is 42.5 Å². The van der Waals surface area contributed by atoms with Crippen molar-refractivity contribution in [3.8, 4) is 5.75 Å². The fourth-order valence-corrected chi connectivity index (χ4v) is 4.02. The molecular weight excluding hydrogens is 378 g/mol. The Kier molecular flexibility index (Phi) is 6.24. The number of rotatable bonds is 6. The Bertz CT molecular complexity index is 899. The minimum atomic E-state index is -1.04. The van der Waals surface area contributed by atoms with Crippen molar-refractivity contribution in [1.29, 1.82) is 0 Å². The van der Waals surface area contributed by atoms with Crippen LogP contribution in [0.5, 0.6) is 5.75 Å². The lowest BCUT2D eigenvalue weighted by Gasteiger charge is -2.24. The van der Waals surface area contributed by atoms with Crippen molar-refractivity contribution in [2.24, 2.45) is 5.92 Å². The van der Waals surface area contributed by atoms with Crippen LogP contribution in [0, 0.1) is 5.92 Å². The molecule has 28 heavy (non-hydrogen) atoms. The first-order chi connectivity index (χ1) is 13.3. The molecule has 2 aromatic carbocycles. The van der Waals surface area contributed by atoms with Crippen molar-refractivity contribution in [1.82, 2.24) is 4.90 Å². The van der Waals surface area contributed by atoms with E-state index < -0.39 is 17.9 Å². The summed E-state index contributed by atoms with van der Waals surface area (Å²) in [5, 5.41) is 11.6. The van der Waals surface area contributed by atoms with Gasteiger partial charge in [0.05, 0.1) is 6.54 Å². The van der Waals surface area contributed by atoms with Gasteiger partial charge in [0.25, 0.3) is 0 Å². The second-order valence-corrected chi connectivity index (χ2v) is 8.23. The minimum absolute atomic E-state index is 0.0617. The highest BCUT2D eigenvalue weighted by Crippen LogP contribution is 2.27. The lowest BCUT2D eigenvalue weighted by Crippen LogP contribution is -2.43. The molecule has 148 valence electrons. The Labute approximate surface area is 167 Å². The molecule has 1 saturated heterocycles. The van der Waals surface area contributed by atoms with Crippen molar-refractivity contribution in [2.75, 3.05) is 12.3 Å². The number of fused-ring (bicyclic) bond motifs is 1. The fraction of sp³-hybridized carbons (Fsp3) is 0.381. The van der Waals surface area contributed by atoms with E-state index in [0.717, 1.165) is 22.5 Å². The molecule has 1 aliphatic heterocycles. The molecule has 1 N–H and O–H groups in total. The number of hydrogen-bond donors (Lipinski definition) is 1. The molecule has 0 spiro atoms. The molecular formula is C21H23NO5S. The Morgan fingerprint density at radius 2 is 1.93 bits per heavy atom. The summed E-state index contributed by atoms with van der Waals surface area (Å²) in [5.41, 5.74) is 0. The Hall–Kier alpha value is -2.54. The smallest absolute Gasteiger partial charge is 0.326 e. The molecule has 0 saturated carbocycles. The first-order valence-corrected chi connectivity index (χ1v) is 10.2. The van der Waals surface area contributed by atoms with Crippen LogP contribution in [0.4, 0.5) is 0 Å². The summed E-state index contributed by atoms with van der Waals surface area (Å²) in [6.45, 7) is 3.39. The number of nitrogens with zero attached hydrogens (tertiary/aromatic N) is 1. The van der Waals surface area contributed by atoms with E-state index in [1.807, 2.05) is 42.5 Å². The number of amides is 1. The molecule has 6 nitrogen and oxygen atoms in total. The summed E-state index contributed by atoms with van der Waals surface area (Å²) in [7, 11) is 0. The van der Waals surface area contributed by atoms with Crippen LogP contribution in [0.25, 0.3) is 10.8 Å². The van der Waals surface area contributed by atoms with Gasteiger partial charge in [0, 0.05) is 25.0 Å². The number of likely N-dealkylation sites (tertiary alicyclic amines) is 1. The van der Waals surface area contributed by atoms with Gasteiger partial charge in [-0.2, -0.15) is 0 Å². The summed E-state index contributed by atoms with van der Waals surface area (Å²) in [6.07, 6.45) is -0.153. The molecule has 7 heteroatoms. The largest absolute Gasteiger partial charge is 0.488 e. The molecule has 2 aromatic rings. The molecule has 0 radical (unpaired) electrons. The van der Waals surface area contributed by atoms with Gasteiger partial charge < -0.3 is 14.7 Å². The number of carboxylic acid groups (broad SMARTS) is 1. The third kappa shape index (κ3) is 4.65. The first-order valence-electron chi connectivity index (χ1n) is 9.17. The maximum absolute atomic E-state index is 12.7. The quantitative estimate of drug-likeness (QED) is 0.800. The predicted octanol–water partition coefficient (Wildman–Crippen LogP) is 3.19. The topological polar surface area (TPSA) is 83.9 Å². The van der Waals surface area contributed by atoms with E-state index in [9.17, 15) is 19.5 Å². The van der Waals surface area contributed by atoms with E-state index in [1.165, 1.54) is 11.8 Å². The molecule has 3 atom stereocenters. The highest BCUT2D eigenvalue weighted by Gasteiger charge is 2.42. The van der Waals surface area contributed by atoms with Crippen molar-refractivity contribution in [3.63, 3.8) is 0 Å². The molecule has 0 aliphatic carbocycles. The van der Waals surface area contributed by atoms with Crippen molar-refractivity contribution in [2.45, 2.75) is 32.4 Å². The highest BCUT2D eigenvalue weighted by molar-refractivity contribution is 8.13. The Morgan fingerprint density at radius 1 is 1.21 bits per heavy atom. The molecule has 0 aromatic heterocycles. The Balaban J connectivity index is 1.70. The fourth-order valence-electron chi connectivity index (χ4n) is 3.39. The third-order valence-electron chi connectivity index (χ3n) is 4.81. The molecule has 1 fully saturated rings. The number of ether oxygens (including phenoxy) is 1. The maximum atomic E-state index is 12.7. The van der Waals surface area contributed by atoms with E-state index in [1.54, 1.807) is 6.92 Å². The second-order valence-electron chi connectivity index (χ2n) is 7.03. The normalized spacial score (nSPS) is 20.1. The van der Waals surface area contributed by atoms with Gasteiger partial charge in [-0.05, 0) is 22.9 Å². The summed E-state index contributed by atoms with van der Waals surface area (Å²) in [5.74, 6) is -0.736. The number of carboxylic acids is 1. The Morgan fingerprint density at radius 3 is 2.61 bits per heavy atom. The average molecular weight is 401 g/mol. The zero-order valence-corrected chi connectivity index (χ0v) is 16.6. The number of carbonyl (C=O) groups excluding carboxylic acids is 2. The summed E-state index contributed by atoms with van der Waals surface area (Å²) >= 11 is 1.08. The highest BCUT2D eigenvalue weighted by atomic mass is 32.2. The molecule has 3 rings (SSSR count). The molecule has 1 amide bonds. The monoisotopic (exact) mass is 401 g/mol. The van der Waals surface area contributed by atoms with Crippen LogP contribution >= 0.6 is 11.8 Å². The van der Waals surface area contributed by atoms with E-state index in [0.29, 0.717) is 11.5 Å². The zero-order chi connectivity index (χ0) is 20.3. The lowest BCUT2D eigenvalue weighted by molar-refractivity contribution is -0.149. The van der Waals surface area contributed by atoms with Gasteiger partial charge >= 0.3 is 5.97 Å². The van der Waals surface area contributed by atoms with Crippen LogP contribution in [0.2, 0.25) is 0 Å². The molecule has 1 heterocycles. The number of aliphatic carboxylic acids is 1. The van der Waals surface area contributed by atoms with Crippen LogP contribution in [-0.4, -0.2) is 51.4 Å². The van der Waals surface area contributed by atoms with E-state index in [4.69, 9.17) is 4.74 Å². The van der Waals surface area contributed by atoms with Gasteiger partial charge in [-0.25, -0.2) is 4.79 Å². The number of carbonyl (C=O) groups is 3. The van der Waals surface area contributed by atoms with Gasteiger partial charge in [-0.15, -0.1) is 0 Å². The van der Waals surface area contributed by atoms with Crippen LogP contribution in [0.1, 0.15) is 20.3 Å². The van der Waals surface area contributed by atoms with Crippen LogP contribution in [0.15, 0.2) is 42.5 Å². The summed E-state index contributed by atoms with van der Waals surface area (Å²) in [4.78, 5) is 36.9. The minimum Gasteiger partial charge on any atom is -0.488 e. The summed E-state index contributed by atoms with van der Waals surface area (Å²) < 4.78 is 6.01. The maximum Gasteiger partial charge on any atom is 0.326 e. The van der Waals surface area contributed by atoms with Gasteiger partial charge in [-0.1, -0.05) is 49.0 Å². The number of hydrogen-bond acceptors (Lipinski definition) is 5. The zero-order valence-electron chi connectivity index (χ0n) is 15.8. The molecule has 0 bridgehead atoms. The van der Waals surface area contributed by atoms with Crippen LogP contribution in [-0.2, 0) is 14.4 Å². The molecule has 1 unspecified atom stereocenters. The van der Waals surface area contributed by atoms with Gasteiger partial charge in [0.1, 0.15) is 17.9 Å². The standard InChI is InChI=1S/C21H23NO5S/c1-13(12-28-14(2)23)20(24)22-11-18(10-19(22)21(25)26)27-17-8-7-15-5-3-4-6-16(15)9-17/h3-9,13,18-19H,10-12H2,1-2H3,(H,25,26)/t13?,18-,19-/m0/s1. The van der Waals surface area contributed by atoms with Gasteiger partial charge in [0.2, 0.25) is 5.91 Å². The number of thioether (sulfide) groups is 1. The summed E-state index contributed by atoms with van der Waals surface area (Å²) in [6, 6.07) is 12.7. The predicted molar refractivity (Wildman–Crippen MR) is 108 cm³/mol. The van der Waals surface area contributed by atoms with Gasteiger partial charge in [0.15, 0.2) is 5.12 Å². The van der Waals surface area contributed by atoms with E-state index in [-0.39, 0.29) is 30.1 Å².